The largest absolute Gasteiger partial charge is 0.459 e. The fourth-order valence-corrected chi connectivity index (χ4v) is 11.4. The molecule has 1 aromatic rings. The summed E-state index contributed by atoms with van der Waals surface area (Å²) in [5.41, 5.74) is -3.37. The van der Waals surface area contributed by atoms with Gasteiger partial charge in [0.15, 0.2) is 17.7 Å². The molecule has 6 N–H and O–H groups in total. The van der Waals surface area contributed by atoms with Crippen LogP contribution in [0.2, 0.25) is 0 Å². The van der Waals surface area contributed by atoms with Crippen LogP contribution in [0.5, 0.6) is 0 Å². The zero-order chi connectivity index (χ0) is 53.0. The number of esters is 1. The van der Waals surface area contributed by atoms with Crippen molar-refractivity contribution >= 4 is 23.3 Å². The molecule has 17 nitrogen and oxygen atoms in total. The number of aliphatic hydroxyl groups is 5. The van der Waals surface area contributed by atoms with Crippen molar-refractivity contribution in [1.82, 2.24) is 20.0 Å². The molecule has 0 aromatic heterocycles. The second-order valence-corrected chi connectivity index (χ2v) is 22.2. The summed E-state index contributed by atoms with van der Waals surface area (Å²) in [6.07, 6.45) is -6.25. The Balaban J connectivity index is 1.69. The number of nitriles is 1. The molecule has 0 amide bonds. The third kappa shape index (κ3) is 16.2. The lowest BCUT2D eigenvalue weighted by Crippen LogP contribution is -2.60. The Morgan fingerprint density at radius 3 is 2.27 bits per heavy atom. The van der Waals surface area contributed by atoms with Crippen LogP contribution in [-0.4, -0.2) is 196 Å². The van der Waals surface area contributed by atoms with E-state index in [0.29, 0.717) is 57.1 Å². The monoisotopic (exact) mass is 1020 g/mol. The van der Waals surface area contributed by atoms with Gasteiger partial charge in [0.2, 0.25) is 0 Å². The number of aliphatic hydroxyl groups excluding tert-OH is 3. The van der Waals surface area contributed by atoms with E-state index in [1.54, 1.807) is 34.6 Å². The highest BCUT2D eigenvalue weighted by molar-refractivity contribution is 7.80. The smallest absolute Gasteiger partial charge is 0.311 e. The number of methoxy groups -OCH3 is 1. The number of rotatable bonds is 17. The number of nitrogens with zero attached hydrogens (tertiary/aromatic N) is 4. The minimum absolute atomic E-state index is 0.104. The predicted molar refractivity (Wildman–Crippen MR) is 275 cm³/mol. The van der Waals surface area contributed by atoms with Crippen LogP contribution < -0.4 is 5.32 Å². The number of benzene rings is 1. The lowest BCUT2D eigenvalue weighted by molar-refractivity contribution is -0.318. The lowest BCUT2D eigenvalue weighted by Gasteiger charge is -2.48. The molecule has 0 unspecified atom stereocenters. The first-order valence-electron chi connectivity index (χ1n) is 26.0. The topological polar surface area (TPSA) is 219 Å². The summed E-state index contributed by atoms with van der Waals surface area (Å²) in [5.74, 6) is -2.83. The molecule has 0 bridgehead atoms. The maximum atomic E-state index is 14.6. The molecule has 1 aromatic carbocycles. The van der Waals surface area contributed by atoms with Crippen LogP contribution in [0.25, 0.3) is 0 Å². The van der Waals surface area contributed by atoms with Crippen molar-refractivity contribution in [3.8, 4) is 6.07 Å². The van der Waals surface area contributed by atoms with E-state index in [4.69, 9.17) is 40.6 Å². The molecule has 3 aliphatic rings. The molecular weight excluding hydrogens is 931 g/mol. The maximum absolute atomic E-state index is 14.6. The Morgan fingerprint density at radius 2 is 1.65 bits per heavy atom. The van der Waals surface area contributed by atoms with Crippen molar-refractivity contribution in [3.63, 3.8) is 0 Å². The number of thiocarbonyl (C=S) groups is 1. The third-order valence-electron chi connectivity index (χ3n) is 15.5. The van der Waals surface area contributed by atoms with Gasteiger partial charge >= 0.3 is 5.97 Å². The standard InChI is InChI=1S/C53H91N5O12S/c1-14-41-53(10,64)45(60)37(6)58(28-20-25-55-50(71)57(27-19-24-54)26-18-23-39-21-16-15-17-22-39)32-33(2)30-51(8,63)47(70-49-43(59)40(56(11)12)29-34(3)66-49)35(4)44(36(5)48(62)68-41)69-42-31-52(9,65-13)46(61)38(7)67-42/h15-17,21-22,33-38,40-47,49,59-61,63-64H,14,18-20,23,25-32H2,1-13H3,(H,55,71)/t33-,34-,35+,36-,37-,38+,40+,41-,42+,43-,44+,45-,46+,47-,49+,51-,52-,53-/m1/s1. The van der Waals surface area contributed by atoms with Crippen LogP contribution in [0.15, 0.2) is 30.3 Å². The lowest BCUT2D eigenvalue weighted by atomic mass is 9.77. The van der Waals surface area contributed by atoms with Gasteiger partial charge in [-0.2, -0.15) is 5.26 Å². The van der Waals surface area contributed by atoms with Gasteiger partial charge in [-0.15, -0.1) is 0 Å². The highest BCUT2D eigenvalue weighted by atomic mass is 32.1. The molecule has 18 heteroatoms. The van der Waals surface area contributed by atoms with E-state index in [1.165, 1.54) is 19.6 Å². The van der Waals surface area contributed by atoms with Gasteiger partial charge in [-0.1, -0.05) is 51.1 Å². The molecular formula is C53H91N5O12S. The molecule has 18 atom stereocenters. The Labute approximate surface area is 430 Å². The predicted octanol–water partition coefficient (Wildman–Crippen LogP) is 4.38. The first-order chi connectivity index (χ1) is 33.3. The van der Waals surface area contributed by atoms with Gasteiger partial charge < -0.3 is 69.1 Å². The average molecular weight is 1020 g/mol. The summed E-state index contributed by atoms with van der Waals surface area (Å²) in [6, 6.07) is 11.5. The van der Waals surface area contributed by atoms with Crippen molar-refractivity contribution in [1.29, 1.82) is 5.26 Å². The third-order valence-corrected chi connectivity index (χ3v) is 15.9. The van der Waals surface area contributed by atoms with Gasteiger partial charge in [-0.3, -0.25) is 9.69 Å². The Hall–Kier alpha value is -2.61. The van der Waals surface area contributed by atoms with Gasteiger partial charge in [-0.25, -0.2) is 0 Å². The number of ether oxygens (including phenoxy) is 6. The zero-order valence-corrected chi connectivity index (χ0v) is 45.8. The van der Waals surface area contributed by atoms with E-state index < -0.39 is 96.0 Å². The number of aryl methyl sites for hydroxylation is 1. The molecule has 71 heavy (non-hydrogen) atoms. The summed E-state index contributed by atoms with van der Waals surface area (Å²) < 4.78 is 38.2. The second kappa shape index (κ2) is 27.3. The zero-order valence-electron chi connectivity index (χ0n) is 45.0. The summed E-state index contributed by atoms with van der Waals surface area (Å²) >= 11 is 5.85. The van der Waals surface area contributed by atoms with Gasteiger partial charge in [0.1, 0.15) is 30.0 Å². The number of cyclic esters (lactones) is 1. The van der Waals surface area contributed by atoms with Crippen molar-refractivity contribution in [3.05, 3.63) is 35.9 Å². The summed E-state index contributed by atoms with van der Waals surface area (Å²) in [5, 5.41) is 73.6. The average Bonchev–Trinajstić information content (AvgIpc) is 3.32. The van der Waals surface area contributed by atoms with E-state index in [-0.39, 0.29) is 37.3 Å². The number of hydrogen-bond acceptors (Lipinski definition) is 16. The Bertz CT molecular complexity index is 1830. The minimum atomic E-state index is -1.91. The molecule has 0 saturated carbocycles. The number of hydrogen-bond donors (Lipinski definition) is 6. The van der Waals surface area contributed by atoms with Crippen LogP contribution in [0.4, 0.5) is 0 Å². The number of carbonyl (C=O) groups excluding carboxylic acids is 1. The first-order valence-corrected chi connectivity index (χ1v) is 26.4. The van der Waals surface area contributed by atoms with Gasteiger partial charge in [-0.05, 0) is 125 Å². The molecule has 0 radical (unpaired) electrons. The fourth-order valence-electron chi connectivity index (χ4n) is 11.1. The highest BCUT2D eigenvalue weighted by Gasteiger charge is 2.53. The Morgan fingerprint density at radius 1 is 0.972 bits per heavy atom. The maximum Gasteiger partial charge on any atom is 0.311 e. The van der Waals surface area contributed by atoms with Crippen LogP contribution in [-0.2, 0) is 39.6 Å². The van der Waals surface area contributed by atoms with Crippen LogP contribution in [0.1, 0.15) is 120 Å². The Kier molecular flexibility index (Phi) is 23.4. The molecule has 0 aliphatic carbocycles. The summed E-state index contributed by atoms with van der Waals surface area (Å²) in [7, 11) is 5.28. The first kappa shape index (κ1) is 60.9. The van der Waals surface area contributed by atoms with E-state index in [1.807, 2.05) is 69.8 Å². The second-order valence-electron chi connectivity index (χ2n) is 21.8. The van der Waals surface area contributed by atoms with E-state index >= 15 is 0 Å². The highest BCUT2D eigenvalue weighted by Crippen LogP contribution is 2.40. The van der Waals surface area contributed by atoms with Gasteiger partial charge in [0, 0.05) is 64.3 Å². The molecule has 3 saturated heterocycles. The molecule has 3 fully saturated rings. The molecule has 406 valence electrons. The summed E-state index contributed by atoms with van der Waals surface area (Å²) in [6.45, 7) is 20.2. The SMILES string of the molecule is CC[C@H]1OC(=O)[C@H](C)[C@@H](O[C@H]2C[C@@](C)(OC)[C@@H](O)[C@H](C)O2)[C@H](C)[C@@H](O[C@@H]2O[C@H](C)C[C@H](N(C)C)[C@H]2O)[C@](C)(O)C[C@@H](C)CN(CCCNC(=S)N(CCC#N)CCCc2ccccc2)[C@H](C)[C@@H](O)[C@]1(C)O. The fraction of sp³-hybridized carbons (Fsp3) is 0.830. The van der Waals surface area contributed by atoms with Crippen LogP contribution >= 0.6 is 12.2 Å². The van der Waals surface area contributed by atoms with Gasteiger partial charge in [0.25, 0.3) is 0 Å². The van der Waals surface area contributed by atoms with Crippen molar-refractivity contribution < 1.29 is 58.7 Å². The molecule has 0 spiro atoms. The van der Waals surface area contributed by atoms with Crippen LogP contribution in [0.3, 0.4) is 0 Å². The van der Waals surface area contributed by atoms with Crippen LogP contribution in [0, 0.1) is 29.1 Å². The van der Waals surface area contributed by atoms with Gasteiger partial charge in [0.05, 0.1) is 54.0 Å². The molecule has 3 heterocycles. The normalized spacial score (nSPS) is 39.2. The minimum Gasteiger partial charge on any atom is -0.459 e. The number of nitrogens with one attached hydrogen (secondary N) is 1. The number of carbonyl (C=O) groups is 1. The van der Waals surface area contributed by atoms with Crippen molar-refractivity contribution in [2.45, 2.75) is 211 Å². The molecule has 3 aliphatic heterocycles. The van der Waals surface area contributed by atoms with E-state index in [9.17, 15) is 35.6 Å². The van der Waals surface area contributed by atoms with Crippen molar-refractivity contribution in [2.75, 3.05) is 53.9 Å². The number of likely N-dealkylation sites (N-methyl/N-ethyl adjacent to an activating group) is 1. The summed E-state index contributed by atoms with van der Waals surface area (Å²) in [4.78, 5) is 20.7. The van der Waals surface area contributed by atoms with E-state index in [0.717, 1.165) is 12.8 Å². The van der Waals surface area contributed by atoms with E-state index in [2.05, 4.69) is 28.4 Å². The quantitative estimate of drug-likeness (QED) is 0.0725. The van der Waals surface area contributed by atoms with Crippen molar-refractivity contribution in [2.24, 2.45) is 17.8 Å². The molecule has 4 rings (SSSR count).